The highest BCUT2D eigenvalue weighted by atomic mass is 32.2. The van der Waals surface area contributed by atoms with Crippen molar-refractivity contribution in [2.75, 3.05) is 6.61 Å². The molecule has 134 valence electrons. The lowest BCUT2D eigenvalue weighted by atomic mass is 10.1. The van der Waals surface area contributed by atoms with Crippen molar-refractivity contribution in [2.24, 2.45) is 0 Å². The molecule has 0 spiro atoms. The summed E-state index contributed by atoms with van der Waals surface area (Å²) in [7, 11) is -2.41. The zero-order valence-electron chi connectivity index (χ0n) is 13.7. The number of benzene rings is 1. The van der Waals surface area contributed by atoms with Crippen LogP contribution >= 0.6 is 0 Å². The summed E-state index contributed by atoms with van der Waals surface area (Å²) in [4.78, 5) is 11.8. The van der Waals surface area contributed by atoms with E-state index in [1.54, 1.807) is 36.7 Å². The van der Waals surface area contributed by atoms with Gasteiger partial charge < -0.3 is 10.1 Å². The number of pyridine rings is 1. The molecule has 0 aliphatic carbocycles. The Kier molecular flexibility index (Phi) is 5.55. The first-order chi connectivity index (χ1) is 12.6. The van der Waals surface area contributed by atoms with E-state index in [1.165, 1.54) is 12.1 Å². The summed E-state index contributed by atoms with van der Waals surface area (Å²) in [6.45, 7) is -0.258. The Morgan fingerprint density at radius 2 is 1.77 bits per heavy atom. The number of halogens is 1. The molecule has 0 radical (unpaired) electrons. The minimum atomic E-state index is -2.41. The fourth-order valence-electron chi connectivity index (χ4n) is 2.59. The number of aromatic nitrogens is 3. The van der Waals surface area contributed by atoms with Crippen LogP contribution in [0.1, 0.15) is 12.2 Å². The van der Waals surface area contributed by atoms with E-state index in [1.807, 2.05) is 0 Å². The number of hydrogen-bond acceptors (Lipinski definition) is 5. The van der Waals surface area contributed by atoms with E-state index >= 15 is 0 Å². The molecule has 0 amide bonds. The first kappa shape index (κ1) is 18.0. The highest BCUT2D eigenvalue weighted by Crippen LogP contribution is 2.30. The molecule has 0 fully saturated rings. The van der Waals surface area contributed by atoms with Crippen molar-refractivity contribution in [1.82, 2.24) is 15.0 Å². The lowest BCUT2D eigenvalue weighted by Crippen LogP contribution is -2.08. The molecule has 0 aliphatic rings. The van der Waals surface area contributed by atoms with Crippen LogP contribution in [0.15, 0.2) is 48.8 Å². The first-order valence-electron chi connectivity index (χ1n) is 7.88. The largest absolute Gasteiger partial charge is 0.396 e. The number of aromatic amines is 1. The maximum absolute atomic E-state index is 13.2. The third-order valence-corrected chi connectivity index (χ3v) is 4.65. The molecule has 0 saturated heterocycles. The van der Waals surface area contributed by atoms with Crippen molar-refractivity contribution in [3.63, 3.8) is 0 Å². The van der Waals surface area contributed by atoms with Crippen molar-refractivity contribution in [3.8, 4) is 22.5 Å². The molecule has 2 aromatic heterocycles. The minimum Gasteiger partial charge on any atom is -0.396 e. The Bertz CT molecular complexity index is 1020. The van der Waals surface area contributed by atoms with Gasteiger partial charge in [0.2, 0.25) is 10.3 Å². The number of nitrogens with one attached hydrogen (secondary N) is 1. The van der Waals surface area contributed by atoms with Gasteiger partial charge in [-0.1, -0.05) is 0 Å². The van der Waals surface area contributed by atoms with Crippen molar-refractivity contribution in [3.05, 3.63) is 60.4 Å². The summed E-state index contributed by atoms with van der Waals surface area (Å²) >= 11 is 0. The van der Waals surface area contributed by atoms with Gasteiger partial charge in [0.15, 0.2) is 0 Å². The summed E-state index contributed by atoms with van der Waals surface area (Å²) in [6.07, 6.45) is 3.39. The molecule has 0 unspecified atom stereocenters. The zero-order valence-corrected chi connectivity index (χ0v) is 14.5. The van der Waals surface area contributed by atoms with Gasteiger partial charge in [0.1, 0.15) is 11.6 Å². The van der Waals surface area contributed by atoms with Gasteiger partial charge in [0.25, 0.3) is 0 Å². The van der Waals surface area contributed by atoms with Crippen LogP contribution in [-0.4, -0.2) is 39.9 Å². The average molecular weight is 373 g/mol. The van der Waals surface area contributed by atoms with E-state index in [4.69, 9.17) is 5.11 Å². The number of aliphatic hydroxyl groups is 1. The Morgan fingerprint density at radius 1 is 1.08 bits per heavy atom. The second kappa shape index (κ2) is 8.03. The Labute approximate surface area is 150 Å². The summed E-state index contributed by atoms with van der Waals surface area (Å²) in [6, 6.07) is 9.52. The summed E-state index contributed by atoms with van der Waals surface area (Å²) in [5.74, 6) is 0.0964. The molecule has 0 atom stereocenters. The molecule has 0 saturated carbocycles. The fourth-order valence-corrected chi connectivity index (χ4v) is 3.10. The van der Waals surface area contributed by atoms with Crippen molar-refractivity contribution in [1.29, 1.82) is 0 Å². The molecule has 1 aromatic carbocycles. The number of H-pyrrole nitrogens is 1. The molecule has 6 nitrogen and oxygen atoms in total. The average Bonchev–Trinajstić information content (AvgIpc) is 3.06. The maximum Gasteiger partial charge on any atom is 0.213 e. The lowest BCUT2D eigenvalue weighted by molar-refractivity contribution is 0.307. The Hall–Kier alpha value is -2.84. The Morgan fingerprint density at radius 3 is 2.38 bits per heavy atom. The fraction of sp³-hybridized carbons (Fsp3) is 0.167. The van der Waals surface area contributed by atoms with Crippen LogP contribution in [0.5, 0.6) is 0 Å². The monoisotopic (exact) mass is 373 g/mol. The standard InChI is InChI=1S/C18H16FN3O3S/c19-14-3-1-12(2-4-14)17-18(13-5-8-20-9-6-13)22-16(21-17)11-15(7-10-23)26(24)25/h1-6,8-9,23H,7,10-11H2,(H,21,22). The van der Waals surface area contributed by atoms with Crippen LogP contribution < -0.4 is 0 Å². The molecule has 2 heterocycles. The van der Waals surface area contributed by atoms with Gasteiger partial charge in [0.05, 0.1) is 16.3 Å². The summed E-state index contributed by atoms with van der Waals surface area (Å²) in [5.41, 5.74) is 2.80. The van der Waals surface area contributed by atoms with Gasteiger partial charge in [-0.2, -0.15) is 8.42 Å². The maximum atomic E-state index is 13.2. The van der Waals surface area contributed by atoms with Gasteiger partial charge in [0, 0.05) is 43.0 Å². The van der Waals surface area contributed by atoms with Crippen molar-refractivity contribution >= 4 is 15.2 Å². The second-order valence-corrected chi connectivity index (χ2v) is 6.62. The van der Waals surface area contributed by atoms with Gasteiger partial charge in [-0.15, -0.1) is 0 Å². The van der Waals surface area contributed by atoms with Gasteiger partial charge in [-0.3, -0.25) is 4.98 Å². The normalized spacial score (nSPS) is 10.7. The second-order valence-electron chi connectivity index (χ2n) is 5.57. The van der Waals surface area contributed by atoms with Crippen molar-refractivity contribution in [2.45, 2.75) is 12.8 Å². The zero-order chi connectivity index (χ0) is 18.5. The first-order valence-corrected chi connectivity index (χ1v) is 8.96. The van der Waals surface area contributed by atoms with Crippen LogP contribution in [0.2, 0.25) is 0 Å². The Balaban J connectivity index is 2.09. The predicted octanol–water partition coefficient (Wildman–Crippen LogP) is 2.25. The molecule has 3 rings (SSSR count). The highest BCUT2D eigenvalue weighted by Gasteiger charge is 2.16. The highest BCUT2D eigenvalue weighted by molar-refractivity contribution is 7.73. The van der Waals surface area contributed by atoms with Crippen LogP contribution in [0.3, 0.4) is 0 Å². The summed E-state index contributed by atoms with van der Waals surface area (Å²) < 4.78 is 35.9. The number of nitrogens with zero attached hydrogens (tertiary/aromatic N) is 2. The SMILES string of the molecule is O=S(=O)=C(CCO)Cc1nc(-c2ccc(F)cc2)c(-c2ccncc2)[nH]1. The summed E-state index contributed by atoms with van der Waals surface area (Å²) in [5, 5.41) is 9.04. The van der Waals surface area contributed by atoms with E-state index in [9.17, 15) is 12.8 Å². The quantitative estimate of drug-likeness (QED) is 0.646. The molecule has 3 aromatic rings. The van der Waals surface area contributed by atoms with Crippen LogP contribution in [0.4, 0.5) is 4.39 Å². The van der Waals surface area contributed by atoms with E-state index in [0.29, 0.717) is 22.8 Å². The minimum absolute atomic E-state index is 0.0489. The molecule has 2 N–H and O–H groups in total. The van der Waals surface area contributed by atoms with E-state index in [0.717, 1.165) is 5.56 Å². The van der Waals surface area contributed by atoms with Gasteiger partial charge >= 0.3 is 0 Å². The number of aliphatic hydroxyl groups excluding tert-OH is 1. The van der Waals surface area contributed by atoms with Gasteiger partial charge in [-0.25, -0.2) is 9.37 Å². The smallest absolute Gasteiger partial charge is 0.213 e. The van der Waals surface area contributed by atoms with Gasteiger partial charge in [-0.05, 0) is 36.4 Å². The van der Waals surface area contributed by atoms with E-state index in [-0.39, 0.29) is 30.1 Å². The molecule has 0 bridgehead atoms. The van der Waals surface area contributed by atoms with E-state index in [2.05, 4.69) is 15.0 Å². The van der Waals surface area contributed by atoms with E-state index < -0.39 is 10.3 Å². The third kappa shape index (κ3) is 4.04. The molecule has 0 aliphatic heterocycles. The number of imidazole rings is 1. The predicted molar refractivity (Wildman–Crippen MR) is 96.5 cm³/mol. The van der Waals surface area contributed by atoms with Crippen LogP contribution in [0, 0.1) is 5.82 Å². The topological polar surface area (TPSA) is 95.9 Å². The number of hydrogen-bond donors (Lipinski definition) is 2. The lowest BCUT2D eigenvalue weighted by Gasteiger charge is -2.02. The molecule has 26 heavy (non-hydrogen) atoms. The molecular formula is C18H16FN3O3S. The van der Waals surface area contributed by atoms with Crippen LogP contribution in [0.25, 0.3) is 22.5 Å². The third-order valence-electron chi connectivity index (χ3n) is 3.83. The molecule has 8 heteroatoms. The number of rotatable bonds is 6. The van der Waals surface area contributed by atoms with Crippen molar-refractivity contribution < 1.29 is 17.9 Å². The van der Waals surface area contributed by atoms with Crippen LogP contribution in [-0.2, 0) is 16.7 Å². The molecular weight excluding hydrogens is 357 g/mol.